The van der Waals surface area contributed by atoms with E-state index in [1.807, 2.05) is 0 Å². The Hall–Kier alpha value is -1.75. The molecule has 17 heavy (non-hydrogen) atoms. The molecule has 1 aromatic rings. The van der Waals surface area contributed by atoms with E-state index in [0.717, 1.165) is 0 Å². The number of carbonyl (C=O) groups is 1. The van der Waals surface area contributed by atoms with E-state index < -0.39 is 0 Å². The third-order valence-electron chi connectivity index (χ3n) is 2.79. The van der Waals surface area contributed by atoms with Gasteiger partial charge in [-0.1, -0.05) is 12.1 Å². The van der Waals surface area contributed by atoms with Crippen molar-refractivity contribution in [2.45, 2.75) is 13.5 Å². The summed E-state index contributed by atoms with van der Waals surface area (Å²) in [6.07, 6.45) is 0. The molecule has 2 rings (SSSR count). The molecule has 1 aliphatic heterocycles. The molecule has 90 valence electrons. The highest BCUT2D eigenvalue weighted by Gasteiger charge is 2.31. The minimum atomic E-state index is -0.330. The van der Waals surface area contributed by atoms with E-state index in [2.05, 4.69) is 5.10 Å². The van der Waals surface area contributed by atoms with Crippen LogP contribution in [-0.4, -0.2) is 23.2 Å². The lowest BCUT2D eigenvalue weighted by Crippen LogP contribution is -2.31. The first-order chi connectivity index (χ1) is 8.11. The molecule has 0 aromatic heterocycles. The zero-order chi connectivity index (χ0) is 12.4. The molecule has 0 spiro atoms. The fraction of sp³-hybridized carbons (Fsp3) is 0.333. The summed E-state index contributed by atoms with van der Waals surface area (Å²) in [5.74, 6) is -0.761. The van der Waals surface area contributed by atoms with E-state index >= 15 is 0 Å². The van der Waals surface area contributed by atoms with Crippen LogP contribution < -0.4 is 5.73 Å². The molecule has 0 saturated carbocycles. The summed E-state index contributed by atoms with van der Waals surface area (Å²) >= 11 is 0. The van der Waals surface area contributed by atoms with Crippen molar-refractivity contribution >= 4 is 11.6 Å². The van der Waals surface area contributed by atoms with Gasteiger partial charge in [0, 0.05) is 12.3 Å². The Labute approximate surface area is 98.9 Å². The van der Waals surface area contributed by atoms with Gasteiger partial charge in [0.15, 0.2) is 0 Å². The maximum absolute atomic E-state index is 13.0. The molecule has 4 nitrogen and oxygen atoms in total. The van der Waals surface area contributed by atoms with Gasteiger partial charge in [0.25, 0.3) is 5.91 Å². The first-order valence-corrected chi connectivity index (χ1v) is 5.43. The van der Waals surface area contributed by atoms with Crippen molar-refractivity contribution in [3.05, 3.63) is 35.6 Å². The number of hydrazone groups is 1. The highest BCUT2D eigenvalue weighted by atomic mass is 19.1. The highest BCUT2D eigenvalue weighted by molar-refractivity contribution is 6.07. The van der Waals surface area contributed by atoms with Gasteiger partial charge in [0.05, 0.1) is 12.5 Å². The Kier molecular flexibility index (Phi) is 3.19. The molecular weight excluding hydrogens is 221 g/mol. The van der Waals surface area contributed by atoms with E-state index in [-0.39, 0.29) is 30.7 Å². The van der Waals surface area contributed by atoms with Crippen molar-refractivity contribution in [1.82, 2.24) is 5.01 Å². The van der Waals surface area contributed by atoms with Crippen molar-refractivity contribution in [2.24, 2.45) is 16.8 Å². The fourth-order valence-corrected chi connectivity index (χ4v) is 1.86. The molecule has 0 bridgehead atoms. The molecule has 1 atom stereocenters. The van der Waals surface area contributed by atoms with Crippen LogP contribution in [0.25, 0.3) is 0 Å². The Morgan fingerprint density at radius 3 is 2.88 bits per heavy atom. The first kappa shape index (κ1) is 11.7. The van der Waals surface area contributed by atoms with E-state index in [1.165, 1.54) is 17.1 Å². The van der Waals surface area contributed by atoms with Crippen LogP contribution in [0.3, 0.4) is 0 Å². The standard InChI is InChI=1S/C12H14FN3O/c1-8-11(6-14)12(17)16(15-8)7-9-3-2-4-10(13)5-9/h2-5,11H,6-7,14H2,1H3. The average molecular weight is 235 g/mol. The largest absolute Gasteiger partial charge is 0.329 e. The Bertz CT molecular complexity index is 473. The third kappa shape index (κ3) is 2.34. The fourth-order valence-electron chi connectivity index (χ4n) is 1.86. The summed E-state index contributed by atoms with van der Waals surface area (Å²) in [7, 11) is 0. The lowest BCUT2D eigenvalue weighted by Gasteiger charge is -2.13. The predicted octanol–water partition coefficient (Wildman–Crippen LogP) is 1.12. The summed E-state index contributed by atoms with van der Waals surface area (Å²) < 4.78 is 13.0. The number of benzene rings is 1. The zero-order valence-electron chi connectivity index (χ0n) is 9.56. The predicted molar refractivity (Wildman–Crippen MR) is 62.6 cm³/mol. The van der Waals surface area contributed by atoms with Gasteiger partial charge in [-0.25, -0.2) is 9.40 Å². The van der Waals surface area contributed by atoms with E-state index in [1.54, 1.807) is 19.1 Å². The number of rotatable bonds is 3. The van der Waals surface area contributed by atoms with Gasteiger partial charge in [-0.05, 0) is 24.6 Å². The van der Waals surface area contributed by atoms with Gasteiger partial charge in [-0.15, -0.1) is 0 Å². The topological polar surface area (TPSA) is 58.7 Å². The van der Waals surface area contributed by atoms with E-state index in [0.29, 0.717) is 11.3 Å². The molecule has 5 heteroatoms. The van der Waals surface area contributed by atoms with Crippen molar-refractivity contribution in [3.8, 4) is 0 Å². The second-order valence-electron chi connectivity index (χ2n) is 4.06. The average Bonchev–Trinajstić information content (AvgIpc) is 2.54. The van der Waals surface area contributed by atoms with Crippen molar-refractivity contribution in [2.75, 3.05) is 6.54 Å². The van der Waals surface area contributed by atoms with Crippen LogP contribution in [0.2, 0.25) is 0 Å². The molecule has 0 aliphatic carbocycles. The Balaban J connectivity index is 2.13. The van der Waals surface area contributed by atoms with Gasteiger partial charge < -0.3 is 5.73 Å². The lowest BCUT2D eigenvalue weighted by molar-refractivity contribution is -0.132. The first-order valence-electron chi connectivity index (χ1n) is 5.43. The number of amides is 1. The molecule has 1 aromatic carbocycles. The maximum atomic E-state index is 13.0. The number of nitrogens with zero attached hydrogens (tertiary/aromatic N) is 2. The molecule has 1 amide bonds. The third-order valence-corrected chi connectivity index (χ3v) is 2.79. The summed E-state index contributed by atoms with van der Waals surface area (Å²) in [4.78, 5) is 11.9. The summed E-state index contributed by atoms with van der Waals surface area (Å²) in [6, 6.07) is 6.14. The second kappa shape index (κ2) is 4.63. The summed E-state index contributed by atoms with van der Waals surface area (Å²) in [5.41, 5.74) is 6.94. The van der Waals surface area contributed by atoms with E-state index in [9.17, 15) is 9.18 Å². The summed E-state index contributed by atoms with van der Waals surface area (Å²) in [5, 5.41) is 5.49. The van der Waals surface area contributed by atoms with Gasteiger partial charge in [0.1, 0.15) is 5.82 Å². The number of halogens is 1. The normalized spacial score (nSPS) is 19.7. The number of hydrogen-bond donors (Lipinski definition) is 1. The van der Waals surface area contributed by atoms with Crippen molar-refractivity contribution in [1.29, 1.82) is 0 Å². The number of hydrogen-bond acceptors (Lipinski definition) is 3. The van der Waals surface area contributed by atoms with Crippen molar-refractivity contribution < 1.29 is 9.18 Å². The molecular formula is C12H14FN3O. The highest BCUT2D eigenvalue weighted by Crippen LogP contribution is 2.18. The molecule has 0 radical (unpaired) electrons. The van der Waals surface area contributed by atoms with Crippen molar-refractivity contribution in [3.63, 3.8) is 0 Å². The molecule has 1 heterocycles. The smallest absolute Gasteiger partial charge is 0.253 e. The quantitative estimate of drug-likeness (QED) is 0.853. The molecule has 2 N–H and O–H groups in total. The minimum absolute atomic E-state index is 0.116. The van der Waals surface area contributed by atoms with Crippen LogP contribution in [0.4, 0.5) is 4.39 Å². The Morgan fingerprint density at radius 1 is 1.53 bits per heavy atom. The van der Waals surface area contributed by atoms with Gasteiger partial charge in [-0.2, -0.15) is 5.10 Å². The van der Waals surface area contributed by atoms with Crippen LogP contribution in [0.15, 0.2) is 29.4 Å². The second-order valence-corrected chi connectivity index (χ2v) is 4.06. The number of carbonyl (C=O) groups excluding carboxylic acids is 1. The van der Waals surface area contributed by atoms with Gasteiger partial charge in [0.2, 0.25) is 0 Å². The zero-order valence-corrected chi connectivity index (χ0v) is 9.56. The Morgan fingerprint density at radius 2 is 2.29 bits per heavy atom. The van der Waals surface area contributed by atoms with Gasteiger partial charge >= 0.3 is 0 Å². The van der Waals surface area contributed by atoms with E-state index in [4.69, 9.17) is 5.73 Å². The SMILES string of the molecule is CC1=NN(Cc2cccc(F)c2)C(=O)C1CN. The summed E-state index contributed by atoms with van der Waals surface area (Å²) in [6.45, 7) is 2.32. The molecule has 1 aliphatic rings. The lowest BCUT2D eigenvalue weighted by atomic mass is 10.1. The van der Waals surface area contributed by atoms with Gasteiger partial charge in [-0.3, -0.25) is 4.79 Å². The van der Waals surface area contributed by atoms with Crippen LogP contribution in [0, 0.1) is 11.7 Å². The van der Waals surface area contributed by atoms with Crippen LogP contribution in [0.5, 0.6) is 0 Å². The van der Waals surface area contributed by atoms with Crippen LogP contribution in [-0.2, 0) is 11.3 Å². The monoisotopic (exact) mass is 235 g/mol. The molecule has 1 unspecified atom stereocenters. The molecule has 0 saturated heterocycles. The maximum Gasteiger partial charge on any atom is 0.253 e. The number of nitrogens with two attached hydrogens (primary N) is 1. The van der Waals surface area contributed by atoms with Crippen LogP contribution >= 0.6 is 0 Å². The minimum Gasteiger partial charge on any atom is -0.329 e. The molecule has 0 fully saturated rings. The van der Waals surface area contributed by atoms with Crippen LogP contribution in [0.1, 0.15) is 12.5 Å².